The molecule has 0 unspecified atom stereocenters. The van der Waals surface area contributed by atoms with Crippen LogP contribution in [0.15, 0.2) is 12.2 Å². The summed E-state index contributed by atoms with van der Waals surface area (Å²) >= 11 is 0. The molecular formula is C14H20O2. The number of unbranched alkanes of at least 4 members (excludes halogenated alkanes) is 1. The van der Waals surface area contributed by atoms with Crippen molar-refractivity contribution in [3.8, 4) is 0 Å². The van der Waals surface area contributed by atoms with Crippen LogP contribution < -0.4 is 0 Å². The van der Waals surface area contributed by atoms with Gasteiger partial charge in [-0.1, -0.05) is 25.8 Å². The molecule has 0 aromatic heterocycles. The fourth-order valence-corrected chi connectivity index (χ4v) is 3.42. The maximum Gasteiger partial charge on any atom is 0.155 e. The molecule has 2 nitrogen and oxygen atoms in total. The predicted octanol–water partition coefficient (Wildman–Crippen LogP) is 2.92. The van der Waals surface area contributed by atoms with Gasteiger partial charge in [-0.15, -0.1) is 0 Å². The summed E-state index contributed by atoms with van der Waals surface area (Å²) in [5, 5.41) is 0. The van der Waals surface area contributed by atoms with Gasteiger partial charge in [-0.2, -0.15) is 0 Å². The summed E-state index contributed by atoms with van der Waals surface area (Å²) in [7, 11) is 0. The summed E-state index contributed by atoms with van der Waals surface area (Å²) in [5.74, 6) is 0.602. The number of rotatable bonds is 4. The second-order valence-electron chi connectivity index (χ2n) is 5.29. The first kappa shape index (κ1) is 11.6. The first-order valence-electron chi connectivity index (χ1n) is 6.39. The second-order valence-corrected chi connectivity index (χ2v) is 5.29. The minimum Gasteiger partial charge on any atom is -0.303 e. The van der Waals surface area contributed by atoms with E-state index in [2.05, 4.69) is 13.0 Å². The minimum absolute atomic E-state index is 0.116. The third-order valence-corrected chi connectivity index (χ3v) is 4.39. The maximum atomic E-state index is 11.5. The molecule has 0 aliphatic heterocycles. The number of fused-ring (bicyclic) bond motifs is 1. The SMILES string of the molecule is CCCC[C@]12C=CC(=O)C[C@H]1[C@@H](C=O)CC2. The Balaban J connectivity index is 2.22. The largest absolute Gasteiger partial charge is 0.303 e. The van der Waals surface area contributed by atoms with E-state index in [1.807, 2.05) is 0 Å². The van der Waals surface area contributed by atoms with Crippen molar-refractivity contribution in [3.63, 3.8) is 0 Å². The molecule has 0 amide bonds. The van der Waals surface area contributed by atoms with E-state index in [-0.39, 0.29) is 23.0 Å². The highest BCUT2D eigenvalue weighted by atomic mass is 16.1. The Morgan fingerprint density at radius 1 is 1.56 bits per heavy atom. The quantitative estimate of drug-likeness (QED) is 0.683. The molecule has 0 aromatic carbocycles. The lowest BCUT2D eigenvalue weighted by molar-refractivity contribution is -0.118. The van der Waals surface area contributed by atoms with Gasteiger partial charge < -0.3 is 4.79 Å². The standard InChI is InChI=1S/C14H20O2/c1-2-3-6-14-7-4-11(10-15)13(14)9-12(16)5-8-14/h5,8,10-11,13H,2-4,6-7,9H2,1H3/t11-,13+,14+/m1/s1. The molecule has 2 heteroatoms. The van der Waals surface area contributed by atoms with Crippen LogP contribution in [0.2, 0.25) is 0 Å². The fraction of sp³-hybridized carbons (Fsp3) is 0.714. The van der Waals surface area contributed by atoms with Gasteiger partial charge in [-0.25, -0.2) is 0 Å². The van der Waals surface area contributed by atoms with Crippen LogP contribution >= 0.6 is 0 Å². The summed E-state index contributed by atoms with van der Waals surface area (Å²) < 4.78 is 0. The van der Waals surface area contributed by atoms with Gasteiger partial charge in [-0.05, 0) is 36.7 Å². The predicted molar refractivity (Wildman–Crippen MR) is 63.0 cm³/mol. The highest BCUT2D eigenvalue weighted by molar-refractivity contribution is 5.91. The number of carbonyl (C=O) groups is 2. The van der Waals surface area contributed by atoms with Crippen LogP contribution in [0.25, 0.3) is 0 Å². The van der Waals surface area contributed by atoms with Gasteiger partial charge >= 0.3 is 0 Å². The highest BCUT2D eigenvalue weighted by Crippen LogP contribution is 2.53. The van der Waals surface area contributed by atoms with E-state index in [1.165, 1.54) is 12.8 Å². The number of hydrogen-bond donors (Lipinski definition) is 0. The molecule has 16 heavy (non-hydrogen) atoms. The minimum atomic E-state index is 0.116. The third kappa shape index (κ3) is 1.85. The van der Waals surface area contributed by atoms with Crippen molar-refractivity contribution in [1.29, 1.82) is 0 Å². The molecule has 0 radical (unpaired) electrons. The lowest BCUT2D eigenvalue weighted by Gasteiger charge is -2.36. The summed E-state index contributed by atoms with van der Waals surface area (Å²) in [6.07, 6.45) is 11.1. The van der Waals surface area contributed by atoms with Crippen molar-refractivity contribution < 1.29 is 9.59 Å². The van der Waals surface area contributed by atoms with E-state index in [1.54, 1.807) is 6.08 Å². The molecule has 1 saturated carbocycles. The first-order chi connectivity index (χ1) is 7.72. The third-order valence-electron chi connectivity index (χ3n) is 4.39. The van der Waals surface area contributed by atoms with Crippen molar-refractivity contribution >= 4 is 12.1 Å². The molecule has 2 rings (SSSR count). The average molecular weight is 220 g/mol. The van der Waals surface area contributed by atoms with Crippen LogP contribution in [0, 0.1) is 17.3 Å². The Labute approximate surface area is 97.1 Å². The van der Waals surface area contributed by atoms with Crippen LogP contribution in [0.5, 0.6) is 0 Å². The van der Waals surface area contributed by atoms with Crippen molar-refractivity contribution in [2.75, 3.05) is 0 Å². The lowest BCUT2D eigenvalue weighted by Crippen LogP contribution is -2.32. The number of carbonyl (C=O) groups excluding carboxylic acids is 2. The van der Waals surface area contributed by atoms with Crippen LogP contribution in [0.1, 0.15) is 45.4 Å². The molecule has 0 aromatic rings. The van der Waals surface area contributed by atoms with Crippen LogP contribution in [0.4, 0.5) is 0 Å². The first-order valence-corrected chi connectivity index (χ1v) is 6.39. The van der Waals surface area contributed by atoms with Gasteiger partial charge in [0.05, 0.1) is 0 Å². The molecular weight excluding hydrogens is 200 g/mol. The number of hydrogen-bond acceptors (Lipinski definition) is 2. The maximum absolute atomic E-state index is 11.5. The zero-order valence-electron chi connectivity index (χ0n) is 9.95. The molecule has 0 heterocycles. The Bertz CT molecular complexity index is 319. The summed E-state index contributed by atoms with van der Waals surface area (Å²) in [5.41, 5.74) is 0.162. The molecule has 2 aliphatic carbocycles. The summed E-state index contributed by atoms with van der Waals surface area (Å²) in [6, 6.07) is 0. The van der Waals surface area contributed by atoms with Gasteiger partial charge in [0, 0.05) is 12.3 Å². The van der Waals surface area contributed by atoms with E-state index in [0.717, 1.165) is 25.5 Å². The molecule has 2 aliphatic rings. The Kier molecular flexibility index (Phi) is 3.27. The molecule has 3 atom stereocenters. The van der Waals surface area contributed by atoms with Crippen LogP contribution in [-0.4, -0.2) is 12.1 Å². The van der Waals surface area contributed by atoms with E-state index in [4.69, 9.17) is 0 Å². The monoisotopic (exact) mass is 220 g/mol. The van der Waals surface area contributed by atoms with E-state index < -0.39 is 0 Å². The molecule has 0 N–H and O–H groups in total. The molecule has 0 spiro atoms. The van der Waals surface area contributed by atoms with Crippen LogP contribution in [-0.2, 0) is 9.59 Å². The van der Waals surface area contributed by atoms with Gasteiger partial charge in [0.25, 0.3) is 0 Å². The molecule has 88 valence electrons. The zero-order valence-corrected chi connectivity index (χ0v) is 9.95. The van der Waals surface area contributed by atoms with Crippen molar-refractivity contribution in [1.82, 2.24) is 0 Å². The van der Waals surface area contributed by atoms with Gasteiger partial charge in [0.15, 0.2) is 5.78 Å². The van der Waals surface area contributed by atoms with Gasteiger partial charge in [-0.3, -0.25) is 4.79 Å². The van der Waals surface area contributed by atoms with Crippen molar-refractivity contribution in [2.24, 2.45) is 17.3 Å². The van der Waals surface area contributed by atoms with E-state index >= 15 is 0 Å². The van der Waals surface area contributed by atoms with Gasteiger partial charge in [0.1, 0.15) is 6.29 Å². The number of allylic oxidation sites excluding steroid dienone is 2. The Morgan fingerprint density at radius 3 is 3.06 bits per heavy atom. The number of aldehydes is 1. The fourth-order valence-electron chi connectivity index (χ4n) is 3.42. The lowest BCUT2D eigenvalue weighted by atomic mass is 9.67. The Morgan fingerprint density at radius 2 is 2.38 bits per heavy atom. The van der Waals surface area contributed by atoms with Gasteiger partial charge in [0.2, 0.25) is 0 Å². The normalized spacial score (nSPS) is 37.4. The Hall–Kier alpha value is -0.920. The van der Waals surface area contributed by atoms with Crippen LogP contribution in [0.3, 0.4) is 0 Å². The molecule has 0 saturated heterocycles. The number of ketones is 1. The average Bonchev–Trinajstić information content (AvgIpc) is 2.65. The molecule has 1 fully saturated rings. The smallest absolute Gasteiger partial charge is 0.155 e. The zero-order chi connectivity index (χ0) is 11.6. The van der Waals surface area contributed by atoms with Crippen molar-refractivity contribution in [3.05, 3.63) is 12.2 Å². The summed E-state index contributed by atoms with van der Waals surface area (Å²) in [4.78, 5) is 22.5. The topological polar surface area (TPSA) is 34.1 Å². The highest BCUT2D eigenvalue weighted by Gasteiger charge is 2.48. The van der Waals surface area contributed by atoms with Crippen molar-refractivity contribution in [2.45, 2.75) is 45.4 Å². The molecule has 0 bridgehead atoms. The van der Waals surface area contributed by atoms with E-state index in [0.29, 0.717) is 6.42 Å². The second kappa shape index (κ2) is 4.52. The van der Waals surface area contributed by atoms with E-state index in [9.17, 15) is 9.59 Å². The summed E-state index contributed by atoms with van der Waals surface area (Å²) in [6.45, 7) is 2.19.